The zero-order valence-corrected chi connectivity index (χ0v) is 13.0. The molecule has 1 fully saturated rings. The summed E-state index contributed by atoms with van der Waals surface area (Å²) < 4.78 is 2.61. The van der Waals surface area contributed by atoms with E-state index in [1.165, 1.54) is 0 Å². The fraction of sp³-hybridized carbons (Fsp3) is 0.385. The molecule has 1 aliphatic rings. The first-order valence-electron chi connectivity index (χ1n) is 5.81. The van der Waals surface area contributed by atoms with E-state index >= 15 is 0 Å². The van der Waals surface area contributed by atoms with E-state index in [1.807, 2.05) is 19.1 Å². The van der Waals surface area contributed by atoms with E-state index in [-0.39, 0.29) is 11.1 Å². The minimum atomic E-state index is -0.134. The predicted octanol–water partition coefficient (Wildman–Crippen LogP) is 3.47. The van der Waals surface area contributed by atoms with Gasteiger partial charge in [0.1, 0.15) is 0 Å². The van der Waals surface area contributed by atoms with E-state index < -0.39 is 0 Å². The van der Waals surface area contributed by atoms with Crippen molar-refractivity contribution >= 4 is 45.1 Å². The Bertz CT molecular complexity index is 719. The lowest BCUT2D eigenvalue weighted by Crippen LogP contribution is -2.30. The van der Waals surface area contributed by atoms with Crippen molar-refractivity contribution in [2.24, 2.45) is 0 Å². The molecule has 94 valence electrons. The lowest BCUT2D eigenvalue weighted by Gasteiger charge is -2.16. The van der Waals surface area contributed by atoms with Crippen molar-refractivity contribution in [2.75, 3.05) is 0 Å². The van der Waals surface area contributed by atoms with Gasteiger partial charge in [0.15, 0.2) is 0 Å². The minimum Gasteiger partial charge on any atom is -0.277 e. The molecule has 1 aliphatic carbocycles. The molecule has 0 bridgehead atoms. The third-order valence-electron chi connectivity index (χ3n) is 3.54. The van der Waals surface area contributed by atoms with Gasteiger partial charge in [0.25, 0.3) is 5.56 Å². The molecule has 5 heteroatoms. The first kappa shape index (κ1) is 12.4. The van der Waals surface area contributed by atoms with Crippen LogP contribution in [0.5, 0.6) is 0 Å². The molecule has 3 rings (SSSR count). The van der Waals surface area contributed by atoms with Gasteiger partial charge in [0.2, 0.25) is 5.28 Å². The van der Waals surface area contributed by atoms with Gasteiger partial charge < -0.3 is 0 Å². The topological polar surface area (TPSA) is 34.9 Å². The number of nitrogens with zero attached hydrogens (tertiary/aromatic N) is 2. The number of hydrogen-bond acceptors (Lipinski definition) is 2. The number of benzene rings is 1. The Balaban J connectivity index is 2.45. The summed E-state index contributed by atoms with van der Waals surface area (Å²) in [7, 11) is 0. The van der Waals surface area contributed by atoms with Crippen LogP contribution in [0.25, 0.3) is 10.9 Å². The van der Waals surface area contributed by atoms with Gasteiger partial charge in [0.05, 0.1) is 10.9 Å². The molecule has 0 saturated heterocycles. The zero-order chi connectivity index (χ0) is 13.1. The van der Waals surface area contributed by atoms with Gasteiger partial charge >= 0.3 is 0 Å². The minimum absolute atomic E-state index is 0.0217. The van der Waals surface area contributed by atoms with Crippen LogP contribution in [-0.2, 0) is 5.54 Å². The van der Waals surface area contributed by atoms with Crippen LogP contribution in [0.2, 0.25) is 5.28 Å². The third kappa shape index (κ3) is 1.77. The SMILES string of the molecule is Cc1cc(I)c2nc(Cl)n(C3(C)CC3)c(=O)c2c1. The highest BCUT2D eigenvalue weighted by Crippen LogP contribution is 2.43. The highest BCUT2D eigenvalue weighted by Gasteiger charge is 2.42. The van der Waals surface area contributed by atoms with Crippen molar-refractivity contribution in [3.63, 3.8) is 0 Å². The maximum Gasteiger partial charge on any atom is 0.262 e. The quantitative estimate of drug-likeness (QED) is 0.566. The molecule has 0 radical (unpaired) electrons. The molecule has 3 nitrogen and oxygen atoms in total. The molecule has 0 aliphatic heterocycles. The molecule has 0 N–H and O–H groups in total. The molecular weight excluding hydrogens is 363 g/mol. The fourth-order valence-corrected chi connectivity index (χ4v) is 3.50. The molecule has 0 amide bonds. The number of aryl methyl sites for hydroxylation is 1. The van der Waals surface area contributed by atoms with Crippen LogP contribution >= 0.6 is 34.2 Å². The fourth-order valence-electron chi connectivity index (χ4n) is 2.23. The highest BCUT2D eigenvalue weighted by molar-refractivity contribution is 14.1. The van der Waals surface area contributed by atoms with Crippen LogP contribution in [0.1, 0.15) is 25.3 Å². The standard InChI is InChI=1S/C13H12ClIN2O/c1-7-5-8-10(9(15)6-7)16-12(14)17(11(8)18)13(2)3-4-13/h5-6H,3-4H2,1-2H3. The Kier molecular flexibility index (Phi) is 2.71. The van der Waals surface area contributed by atoms with Crippen LogP contribution in [0, 0.1) is 10.5 Å². The molecule has 2 aromatic rings. The average molecular weight is 375 g/mol. The summed E-state index contributed by atoms with van der Waals surface area (Å²) in [6, 6.07) is 3.90. The first-order valence-corrected chi connectivity index (χ1v) is 7.27. The lowest BCUT2D eigenvalue weighted by molar-refractivity contribution is 0.510. The van der Waals surface area contributed by atoms with Crippen molar-refractivity contribution < 1.29 is 0 Å². The van der Waals surface area contributed by atoms with Crippen molar-refractivity contribution in [1.82, 2.24) is 9.55 Å². The van der Waals surface area contributed by atoms with Crippen molar-refractivity contribution in [3.8, 4) is 0 Å². The van der Waals surface area contributed by atoms with Crippen LogP contribution in [-0.4, -0.2) is 9.55 Å². The molecule has 1 heterocycles. The van der Waals surface area contributed by atoms with Crippen LogP contribution in [0.4, 0.5) is 0 Å². The van der Waals surface area contributed by atoms with Gasteiger partial charge in [0, 0.05) is 9.11 Å². The molecule has 0 unspecified atom stereocenters. The Hall–Kier alpha value is -0.620. The summed E-state index contributed by atoms with van der Waals surface area (Å²) in [6.45, 7) is 4.04. The molecule has 0 spiro atoms. The predicted molar refractivity (Wildman–Crippen MR) is 81.3 cm³/mol. The van der Waals surface area contributed by atoms with E-state index in [0.717, 1.165) is 22.0 Å². The van der Waals surface area contributed by atoms with Gasteiger partial charge in [-0.1, -0.05) is 0 Å². The second kappa shape index (κ2) is 3.93. The number of halogens is 2. The van der Waals surface area contributed by atoms with Crippen LogP contribution < -0.4 is 5.56 Å². The maximum atomic E-state index is 12.6. The summed E-state index contributed by atoms with van der Waals surface area (Å²) in [6.07, 6.45) is 1.98. The average Bonchev–Trinajstić information content (AvgIpc) is 2.99. The third-order valence-corrected chi connectivity index (χ3v) is 4.62. The van der Waals surface area contributed by atoms with E-state index in [0.29, 0.717) is 16.2 Å². The van der Waals surface area contributed by atoms with E-state index in [2.05, 4.69) is 34.5 Å². The number of rotatable bonds is 1. The molecule has 0 atom stereocenters. The van der Waals surface area contributed by atoms with Gasteiger partial charge in [-0.25, -0.2) is 4.98 Å². The summed E-state index contributed by atoms with van der Waals surface area (Å²) >= 11 is 8.39. The molecular formula is C13H12ClIN2O. The van der Waals surface area contributed by atoms with Gasteiger partial charge in [-0.2, -0.15) is 0 Å². The Labute approximate surface area is 123 Å². The van der Waals surface area contributed by atoms with Gasteiger partial charge in [-0.15, -0.1) is 0 Å². The zero-order valence-electron chi connectivity index (χ0n) is 10.1. The monoisotopic (exact) mass is 374 g/mol. The van der Waals surface area contributed by atoms with Gasteiger partial charge in [-0.05, 0) is 78.6 Å². The Morgan fingerprint density at radius 1 is 1.44 bits per heavy atom. The van der Waals surface area contributed by atoms with Crippen molar-refractivity contribution in [1.29, 1.82) is 0 Å². The van der Waals surface area contributed by atoms with Crippen LogP contribution in [0.3, 0.4) is 0 Å². The smallest absolute Gasteiger partial charge is 0.262 e. The number of fused-ring (bicyclic) bond motifs is 1. The number of hydrogen-bond donors (Lipinski definition) is 0. The maximum absolute atomic E-state index is 12.6. The highest BCUT2D eigenvalue weighted by atomic mass is 127. The summed E-state index contributed by atoms with van der Waals surface area (Å²) in [5.41, 5.74) is 1.62. The molecule has 18 heavy (non-hydrogen) atoms. The second-order valence-electron chi connectivity index (χ2n) is 5.16. The molecule has 1 aromatic heterocycles. The molecule has 1 aromatic carbocycles. The van der Waals surface area contributed by atoms with E-state index in [1.54, 1.807) is 4.57 Å². The van der Waals surface area contributed by atoms with Crippen molar-refractivity contribution in [2.45, 2.75) is 32.2 Å². The molecule has 1 saturated carbocycles. The van der Waals surface area contributed by atoms with Crippen LogP contribution in [0.15, 0.2) is 16.9 Å². The summed E-state index contributed by atoms with van der Waals surface area (Å²) in [5.74, 6) is 0. The van der Waals surface area contributed by atoms with Crippen molar-refractivity contribution in [3.05, 3.63) is 36.9 Å². The summed E-state index contributed by atoms with van der Waals surface area (Å²) in [4.78, 5) is 17.0. The number of aromatic nitrogens is 2. The second-order valence-corrected chi connectivity index (χ2v) is 6.66. The van der Waals surface area contributed by atoms with E-state index in [9.17, 15) is 4.79 Å². The summed E-state index contributed by atoms with van der Waals surface area (Å²) in [5, 5.41) is 0.964. The van der Waals surface area contributed by atoms with E-state index in [4.69, 9.17) is 11.6 Å². The first-order chi connectivity index (χ1) is 8.42. The largest absolute Gasteiger partial charge is 0.277 e. The normalized spacial score (nSPS) is 17.1. The Morgan fingerprint density at radius 3 is 2.72 bits per heavy atom. The lowest BCUT2D eigenvalue weighted by atomic mass is 10.1. The van der Waals surface area contributed by atoms with Gasteiger partial charge in [-0.3, -0.25) is 9.36 Å². The Morgan fingerprint density at radius 2 is 2.11 bits per heavy atom.